The first kappa shape index (κ1) is 11.6. The summed E-state index contributed by atoms with van der Waals surface area (Å²) in [4.78, 5) is 1.12. The first-order valence-electron chi connectivity index (χ1n) is 4.67. The van der Waals surface area contributed by atoms with E-state index in [1.165, 1.54) is 0 Å². The summed E-state index contributed by atoms with van der Waals surface area (Å²) in [6.45, 7) is 0.696. The highest BCUT2D eigenvalue weighted by Crippen LogP contribution is 2.26. The number of hydrogen-bond donors (Lipinski definition) is 2. The number of thiophene rings is 1. The van der Waals surface area contributed by atoms with Crippen LogP contribution in [0.4, 0.5) is 11.4 Å². The predicted molar refractivity (Wildman–Crippen MR) is 72.5 cm³/mol. The molecule has 0 fully saturated rings. The van der Waals surface area contributed by atoms with Gasteiger partial charge in [0.15, 0.2) is 0 Å². The van der Waals surface area contributed by atoms with Crippen molar-refractivity contribution >= 4 is 45.9 Å². The Morgan fingerprint density at radius 2 is 2.00 bits per heavy atom. The molecule has 3 N–H and O–H groups in total. The highest BCUT2D eigenvalue weighted by Gasteiger charge is 2.02. The molecule has 0 aliphatic carbocycles. The van der Waals surface area contributed by atoms with E-state index < -0.39 is 0 Å². The predicted octanol–water partition coefficient (Wildman–Crippen LogP) is 4.25. The van der Waals surface area contributed by atoms with Crippen LogP contribution in [-0.4, -0.2) is 0 Å². The lowest BCUT2D eigenvalue weighted by atomic mass is 10.3. The Bertz CT molecular complexity index is 496. The largest absolute Gasteiger partial charge is 0.398 e. The quantitative estimate of drug-likeness (QED) is 0.877. The number of anilines is 2. The summed E-state index contributed by atoms with van der Waals surface area (Å²) in [6, 6.07) is 7.35. The van der Waals surface area contributed by atoms with Gasteiger partial charge in [-0.3, -0.25) is 0 Å². The zero-order valence-electron chi connectivity index (χ0n) is 8.34. The van der Waals surface area contributed by atoms with Crippen LogP contribution in [0.25, 0.3) is 0 Å². The Hall–Kier alpha value is -0.900. The van der Waals surface area contributed by atoms with Crippen LogP contribution < -0.4 is 11.1 Å². The zero-order chi connectivity index (χ0) is 11.5. The molecule has 2 nitrogen and oxygen atoms in total. The zero-order valence-corrected chi connectivity index (χ0v) is 10.7. The van der Waals surface area contributed by atoms with Gasteiger partial charge in [0, 0.05) is 16.3 Å². The fraction of sp³-hybridized carbons (Fsp3) is 0.0909. The number of nitrogens with one attached hydrogen (secondary N) is 1. The number of hydrogen-bond acceptors (Lipinski definition) is 3. The van der Waals surface area contributed by atoms with Gasteiger partial charge in [-0.25, -0.2) is 0 Å². The van der Waals surface area contributed by atoms with Crippen LogP contribution in [0.3, 0.4) is 0 Å². The summed E-state index contributed by atoms with van der Waals surface area (Å²) >= 11 is 13.4. The summed E-state index contributed by atoms with van der Waals surface area (Å²) in [5, 5.41) is 6.32. The van der Waals surface area contributed by atoms with E-state index in [0.717, 1.165) is 16.3 Å². The van der Waals surface area contributed by atoms with Gasteiger partial charge in [0.25, 0.3) is 0 Å². The Kier molecular flexibility index (Phi) is 3.59. The first-order chi connectivity index (χ1) is 7.66. The minimum atomic E-state index is 0.547. The minimum Gasteiger partial charge on any atom is -0.398 e. The van der Waals surface area contributed by atoms with Crippen molar-refractivity contribution in [3.63, 3.8) is 0 Å². The van der Waals surface area contributed by atoms with E-state index in [4.69, 9.17) is 28.9 Å². The van der Waals surface area contributed by atoms with Crippen molar-refractivity contribution in [2.24, 2.45) is 0 Å². The van der Waals surface area contributed by atoms with Gasteiger partial charge < -0.3 is 11.1 Å². The SMILES string of the molecule is Nc1ccsc1CNc1ccc(Cl)c(Cl)c1. The van der Waals surface area contributed by atoms with Crippen molar-refractivity contribution in [2.45, 2.75) is 6.54 Å². The molecule has 0 saturated heterocycles. The Balaban J connectivity index is 2.05. The molecule has 0 unspecified atom stereocenters. The van der Waals surface area contributed by atoms with Crippen LogP contribution in [0.2, 0.25) is 10.0 Å². The fourth-order valence-corrected chi connectivity index (χ4v) is 2.32. The Morgan fingerprint density at radius 3 is 2.62 bits per heavy atom. The molecule has 2 rings (SSSR count). The molecule has 0 radical (unpaired) electrons. The van der Waals surface area contributed by atoms with Crippen LogP contribution in [0.15, 0.2) is 29.6 Å². The van der Waals surface area contributed by atoms with Crippen molar-refractivity contribution < 1.29 is 0 Å². The van der Waals surface area contributed by atoms with E-state index in [1.807, 2.05) is 17.5 Å². The van der Waals surface area contributed by atoms with Crippen LogP contribution in [0.5, 0.6) is 0 Å². The van der Waals surface area contributed by atoms with E-state index in [9.17, 15) is 0 Å². The molecular formula is C11H10Cl2N2S. The third kappa shape index (κ3) is 2.61. The second-order valence-electron chi connectivity index (χ2n) is 3.28. The maximum Gasteiger partial charge on any atom is 0.0612 e. The van der Waals surface area contributed by atoms with E-state index in [-0.39, 0.29) is 0 Å². The number of nitrogen functional groups attached to an aromatic ring is 1. The van der Waals surface area contributed by atoms with Crippen LogP contribution in [-0.2, 0) is 6.54 Å². The smallest absolute Gasteiger partial charge is 0.0612 e. The Labute approximate surface area is 108 Å². The average molecular weight is 273 g/mol. The van der Waals surface area contributed by atoms with E-state index in [1.54, 1.807) is 23.5 Å². The summed E-state index contributed by atoms with van der Waals surface area (Å²) in [5.74, 6) is 0. The van der Waals surface area contributed by atoms with Gasteiger partial charge in [-0.15, -0.1) is 11.3 Å². The highest BCUT2D eigenvalue weighted by molar-refractivity contribution is 7.10. The molecule has 1 aromatic heterocycles. The van der Waals surface area contributed by atoms with Gasteiger partial charge in [-0.1, -0.05) is 23.2 Å². The average Bonchev–Trinajstić information content (AvgIpc) is 2.66. The molecule has 1 aromatic carbocycles. The molecular weight excluding hydrogens is 263 g/mol. The lowest BCUT2D eigenvalue weighted by Gasteiger charge is -2.06. The lowest BCUT2D eigenvalue weighted by Crippen LogP contribution is -1.99. The third-order valence-electron chi connectivity index (χ3n) is 2.15. The number of benzene rings is 1. The first-order valence-corrected chi connectivity index (χ1v) is 6.31. The maximum atomic E-state index is 5.91. The van der Waals surface area contributed by atoms with Crippen molar-refractivity contribution in [3.05, 3.63) is 44.6 Å². The molecule has 0 aliphatic heterocycles. The molecule has 0 atom stereocenters. The van der Waals surface area contributed by atoms with Crippen LogP contribution >= 0.6 is 34.5 Å². The van der Waals surface area contributed by atoms with Gasteiger partial charge in [-0.05, 0) is 29.6 Å². The molecule has 0 spiro atoms. The van der Waals surface area contributed by atoms with Crippen molar-refractivity contribution in [1.29, 1.82) is 0 Å². The fourth-order valence-electron chi connectivity index (χ4n) is 1.28. The molecule has 16 heavy (non-hydrogen) atoms. The monoisotopic (exact) mass is 272 g/mol. The Morgan fingerprint density at radius 1 is 1.19 bits per heavy atom. The summed E-state index contributed by atoms with van der Waals surface area (Å²) in [6.07, 6.45) is 0. The molecule has 0 aliphatic rings. The van der Waals surface area contributed by atoms with Crippen molar-refractivity contribution in [2.75, 3.05) is 11.1 Å². The van der Waals surface area contributed by atoms with Gasteiger partial charge in [0.05, 0.1) is 16.6 Å². The molecule has 2 aromatic rings. The van der Waals surface area contributed by atoms with Gasteiger partial charge in [-0.2, -0.15) is 0 Å². The molecule has 1 heterocycles. The topological polar surface area (TPSA) is 38.0 Å². The second-order valence-corrected chi connectivity index (χ2v) is 5.10. The molecule has 0 bridgehead atoms. The van der Waals surface area contributed by atoms with Crippen molar-refractivity contribution in [3.8, 4) is 0 Å². The number of halogens is 2. The standard InChI is InChI=1S/C11H10Cl2N2S/c12-8-2-1-7(5-9(8)13)15-6-11-10(14)3-4-16-11/h1-5,15H,6,14H2. The van der Waals surface area contributed by atoms with Gasteiger partial charge in [0.2, 0.25) is 0 Å². The summed E-state index contributed by atoms with van der Waals surface area (Å²) in [7, 11) is 0. The minimum absolute atomic E-state index is 0.547. The van der Waals surface area contributed by atoms with E-state index in [0.29, 0.717) is 16.6 Å². The number of nitrogens with two attached hydrogens (primary N) is 1. The maximum absolute atomic E-state index is 5.91. The van der Waals surface area contributed by atoms with E-state index >= 15 is 0 Å². The third-order valence-corrected chi connectivity index (χ3v) is 3.83. The number of rotatable bonds is 3. The highest BCUT2D eigenvalue weighted by atomic mass is 35.5. The lowest BCUT2D eigenvalue weighted by molar-refractivity contribution is 1.20. The second kappa shape index (κ2) is 4.95. The van der Waals surface area contributed by atoms with Gasteiger partial charge >= 0.3 is 0 Å². The van der Waals surface area contributed by atoms with Crippen LogP contribution in [0, 0.1) is 0 Å². The molecule has 0 saturated carbocycles. The van der Waals surface area contributed by atoms with Gasteiger partial charge in [0.1, 0.15) is 0 Å². The van der Waals surface area contributed by atoms with Crippen LogP contribution in [0.1, 0.15) is 4.88 Å². The molecule has 5 heteroatoms. The van der Waals surface area contributed by atoms with Crippen molar-refractivity contribution in [1.82, 2.24) is 0 Å². The summed E-state index contributed by atoms with van der Waals surface area (Å²) < 4.78 is 0. The normalized spacial score (nSPS) is 10.4. The van der Waals surface area contributed by atoms with E-state index in [2.05, 4.69) is 5.32 Å². The molecule has 84 valence electrons. The summed E-state index contributed by atoms with van der Waals surface area (Å²) in [5.41, 5.74) is 7.53. The molecule has 0 amide bonds.